The Kier molecular flexibility index (Phi) is 5.92. The first-order chi connectivity index (χ1) is 10.5. The molecule has 1 atom stereocenters. The van der Waals surface area contributed by atoms with E-state index < -0.39 is 0 Å². The number of quaternary nitrogens is 1. The maximum Gasteiger partial charge on any atom is 0.275 e. The van der Waals surface area contributed by atoms with Crippen molar-refractivity contribution in [3.05, 3.63) is 70.5 Å². The van der Waals surface area contributed by atoms with Crippen LogP contribution in [0.4, 0.5) is 4.39 Å². The van der Waals surface area contributed by atoms with Crippen molar-refractivity contribution < 1.29 is 14.1 Å². The normalized spacial score (nSPS) is 12.0. The zero-order valence-corrected chi connectivity index (χ0v) is 13.2. The van der Waals surface area contributed by atoms with E-state index in [0.29, 0.717) is 18.1 Å². The van der Waals surface area contributed by atoms with Gasteiger partial charge >= 0.3 is 0 Å². The van der Waals surface area contributed by atoms with Crippen molar-refractivity contribution in [2.45, 2.75) is 13.1 Å². The van der Waals surface area contributed by atoms with Gasteiger partial charge < -0.3 is 10.2 Å². The number of hydrogen-bond acceptors (Lipinski definition) is 1. The minimum Gasteiger partial charge on any atom is -0.347 e. The fourth-order valence-corrected chi connectivity index (χ4v) is 2.41. The number of carbonyl (C=O) groups is 1. The van der Waals surface area contributed by atoms with Crippen molar-refractivity contribution in [1.82, 2.24) is 5.32 Å². The molecule has 0 saturated carbocycles. The number of hydrogen-bond donors (Lipinski definition) is 2. The zero-order chi connectivity index (χ0) is 15.9. The van der Waals surface area contributed by atoms with E-state index in [2.05, 4.69) is 5.32 Å². The summed E-state index contributed by atoms with van der Waals surface area (Å²) >= 11 is 5.95. The third-order valence-electron chi connectivity index (χ3n) is 3.26. The highest BCUT2D eigenvalue weighted by Gasteiger charge is 2.10. The van der Waals surface area contributed by atoms with E-state index in [1.54, 1.807) is 12.1 Å². The minimum absolute atomic E-state index is 0.0381. The van der Waals surface area contributed by atoms with Crippen molar-refractivity contribution in [1.29, 1.82) is 0 Å². The standard InChI is InChI=1S/C17H18ClFN2O/c1-21(11-14-3-2-4-15(18)9-14)12-17(22)20-10-13-5-7-16(19)8-6-13/h2-9H,10-12H2,1H3,(H,20,22)/p+1. The van der Waals surface area contributed by atoms with Crippen LogP contribution >= 0.6 is 11.6 Å². The van der Waals surface area contributed by atoms with E-state index in [0.717, 1.165) is 22.6 Å². The molecule has 1 amide bonds. The molecular formula is C17H19ClFN2O+. The lowest BCUT2D eigenvalue weighted by Gasteiger charge is -2.14. The van der Waals surface area contributed by atoms with Gasteiger partial charge in [0.05, 0.1) is 7.05 Å². The lowest BCUT2D eigenvalue weighted by Crippen LogP contribution is -3.08. The van der Waals surface area contributed by atoms with Crippen molar-refractivity contribution >= 4 is 17.5 Å². The van der Waals surface area contributed by atoms with Crippen LogP contribution in [0, 0.1) is 5.82 Å². The number of benzene rings is 2. The molecule has 0 aliphatic carbocycles. The molecule has 22 heavy (non-hydrogen) atoms. The maximum atomic E-state index is 12.8. The SMILES string of the molecule is C[NH+](CC(=O)NCc1ccc(F)cc1)Cc1cccc(Cl)c1. The molecule has 0 fully saturated rings. The van der Waals surface area contributed by atoms with Gasteiger partial charge in [0.15, 0.2) is 6.54 Å². The third kappa shape index (κ3) is 5.47. The number of amides is 1. The fraction of sp³-hybridized carbons (Fsp3) is 0.235. The molecule has 0 aromatic heterocycles. The maximum absolute atomic E-state index is 12.8. The topological polar surface area (TPSA) is 33.5 Å². The molecule has 0 aliphatic heterocycles. The van der Waals surface area contributed by atoms with Crippen molar-refractivity contribution in [2.75, 3.05) is 13.6 Å². The molecular weight excluding hydrogens is 303 g/mol. The molecule has 0 spiro atoms. The quantitative estimate of drug-likeness (QED) is 0.836. The minimum atomic E-state index is -0.277. The van der Waals surface area contributed by atoms with Gasteiger partial charge in [-0.05, 0) is 29.8 Å². The molecule has 2 aromatic rings. The Bertz CT molecular complexity index is 631. The molecule has 1 unspecified atom stereocenters. The predicted octanol–water partition coefficient (Wildman–Crippen LogP) is 1.81. The molecule has 0 aliphatic rings. The zero-order valence-electron chi connectivity index (χ0n) is 12.4. The van der Waals surface area contributed by atoms with Crippen LogP contribution < -0.4 is 10.2 Å². The first-order valence-corrected chi connectivity index (χ1v) is 7.47. The monoisotopic (exact) mass is 321 g/mol. The molecule has 2 rings (SSSR count). The Balaban J connectivity index is 1.77. The molecule has 0 bridgehead atoms. The summed E-state index contributed by atoms with van der Waals surface area (Å²) in [4.78, 5) is 13.0. The van der Waals surface area contributed by atoms with Crippen LogP contribution in [0.5, 0.6) is 0 Å². The molecule has 2 aromatic carbocycles. The van der Waals surface area contributed by atoms with Gasteiger partial charge in [-0.1, -0.05) is 35.9 Å². The highest BCUT2D eigenvalue weighted by Crippen LogP contribution is 2.09. The Morgan fingerprint density at radius 2 is 1.91 bits per heavy atom. The van der Waals surface area contributed by atoms with E-state index in [9.17, 15) is 9.18 Å². The van der Waals surface area contributed by atoms with Crippen LogP contribution in [0.2, 0.25) is 5.02 Å². The Hall–Kier alpha value is -1.91. The van der Waals surface area contributed by atoms with Gasteiger partial charge in [0.2, 0.25) is 0 Å². The van der Waals surface area contributed by atoms with Crippen molar-refractivity contribution in [3.63, 3.8) is 0 Å². The van der Waals surface area contributed by atoms with Crippen LogP contribution in [-0.2, 0) is 17.9 Å². The van der Waals surface area contributed by atoms with Gasteiger partial charge in [-0.3, -0.25) is 4.79 Å². The fourth-order valence-electron chi connectivity index (χ4n) is 2.20. The average Bonchev–Trinajstić information content (AvgIpc) is 2.46. The van der Waals surface area contributed by atoms with Crippen LogP contribution in [0.25, 0.3) is 0 Å². The number of halogens is 2. The second-order valence-electron chi connectivity index (χ2n) is 5.34. The predicted molar refractivity (Wildman–Crippen MR) is 85.2 cm³/mol. The number of rotatable bonds is 6. The highest BCUT2D eigenvalue weighted by atomic mass is 35.5. The van der Waals surface area contributed by atoms with Gasteiger partial charge in [0, 0.05) is 17.1 Å². The number of likely N-dealkylation sites (N-methyl/N-ethyl adjacent to an activating group) is 1. The van der Waals surface area contributed by atoms with Crippen LogP contribution in [0.3, 0.4) is 0 Å². The van der Waals surface area contributed by atoms with Gasteiger partial charge in [-0.15, -0.1) is 0 Å². The highest BCUT2D eigenvalue weighted by molar-refractivity contribution is 6.30. The summed E-state index contributed by atoms with van der Waals surface area (Å²) in [7, 11) is 1.96. The summed E-state index contributed by atoms with van der Waals surface area (Å²) in [5.41, 5.74) is 1.97. The molecule has 5 heteroatoms. The molecule has 3 nitrogen and oxygen atoms in total. The van der Waals surface area contributed by atoms with Gasteiger partial charge in [-0.2, -0.15) is 0 Å². The first kappa shape index (κ1) is 16.5. The van der Waals surface area contributed by atoms with E-state index in [4.69, 9.17) is 11.6 Å². The van der Waals surface area contributed by atoms with Gasteiger partial charge in [-0.25, -0.2) is 4.39 Å². The first-order valence-electron chi connectivity index (χ1n) is 7.10. The Morgan fingerprint density at radius 1 is 1.18 bits per heavy atom. The van der Waals surface area contributed by atoms with Crippen LogP contribution in [0.1, 0.15) is 11.1 Å². The van der Waals surface area contributed by atoms with Crippen LogP contribution in [-0.4, -0.2) is 19.5 Å². The lowest BCUT2D eigenvalue weighted by molar-refractivity contribution is -0.885. The van der Waals surface area contributed by atoms with E-state index in [1.165, 1.54) is 12.1 Å². The van der Waals surface area contributed by atoms with Crippen LogP contribution in [0.15, 0.2) is 48.5 Å². The molecule has 0 saturated heterocycles. The third-order valence-corrected chi connectivity index (χ3v) is 3.50. The molecule has 0 radical (unpaired) electrons. The average molecular weight is 322 g/mol. The second kappa shape index (κ2) is 7.92. The summed E-state index contributed by atoms with van der Waals surface area (Å²) in [5.74, 6) is -0.315. The summed E-state index contributed by atoms with van der Waals surface area (Å²) in [6.45, 7) is 1.50. The van der Waals surface area contributed by atoms with E-state index in [1.807, 2.05) is 31.3 Å². The summed E-state index contributed by atoms with van der Waals surface area (Å²) in [6.07, 6.45) is 0. The second-order valence-corrected chi connectivity index (χ2v) is 5.78. The Labute approximate surface area is 134 Å². The summed E-state index contributed by atoms with van der Waals surface area (Å²) < 4.78 is 12.8. The van der Waals surface area contributed by atoms with Gasteiger partial charge in [0.25, 0.3) is 5.91 Å². The van der Waals surface area contributed by atoms with E-state index in [-0.39, 0.29) is 11.7 Å². The summed E-state index contributed by atoms with van der Waals surface area (Å²) in [5, 5.41) is 3.54. The lowest BCUT2D eigenvalue weighted by atomic mass is 10.2. The number of carbonyl (C=O) groups excluding carboxylic acids is 1. The largest absolute Gasteiger partial charge is 0.347 e. The molecule has 0 heterocycles. The molecule has 2 N–H and O–H groups in total. The van der Waals surface area contributed by atoms with Gasteiger partial charge in [0.1, 0.15) is 12.4 Å². The molecule has 116 valence electrons. The smallest absolute Gasteiger partial charge is 0.275 e. The number of nitrogens with one attached hydrogen (secondary N) is 2. The summed E-state index contributed by atoms with van der Waals surface area (Å²) in [6, 6.07) is 13.7. The van der Waals surface area contributed by atoms with E-state index >= 15 is 0 Å². The Morgan fingerprint density at radius 3 is 2.59 bits per heavy atom. The van der Waals surface area contributed by atoms with Crippen molar-refractivity contribution in [2.24, 2.45) is 0 Å². The van der Waals surface area contributed by atoms with Crippen molar-refractivity contribution in [3.8, 4) is 0 Å².